The summed E-state index contributed by atoms with van der Waals surface area (Å²) in [5.41, 5.74) is 1.86. The lowest BCUT2D eigenvalue weighted by molar-refractivity contribution is 0.104. The molecule has 1 aromatic rings. The number of aryl methyl sites for hydroxylation is 1. The van der Waals surface area contributed by atoms with Crippen molar-refractivity contribution in [2.45, 2.75) is 25.8 Å². The molecule has 0 aromatic heterocycles. The Kier molecular flexibility index (Phi) is 3.88. The average Bonchev–Trinajstić information content (AvgIpc) is 2.78. The van der Waals surface area contributed by atoms with E-state index < -0.39 is 0 Å². The molecule has 0 unspecified atom stereocenters. The van der Waals surface area contributed by atoms with E-state index >= 15 is 0 Å². The molecule has 0 amide bonds. The fourth-order valence-electron chi connectivity index (χ4n) is 3.21. The number of allylic oxidation sites excluding steroid dienone is 1. The lowest BCUT2D eigenvalue weighted by atomic mass is 10.0. The van der Waals surface area contributed by atoms with Crippen LogP contribution in [-0.4, -0.2) is 47.8 Å². The minimum atomic E-state index is 0.113. The van der Waals surface area contributed by atoms with Crippen LogP contribution in [0.1, 0.15) is 28.8 Å². The van der Waals surface area contributed by atoms with Crippen LogP contribution in [-0.2, 0) is 0 Å². The number of fused-ring (bicyclic) bond motifs is 4. The molecular weight excluding hydrogens is 248 g/mol. The Morgan fingerprint density at radius 1 is 1.15 bits per heavy atom. The minimum Gasteiger partial charge on any atom is -0.373 e. The highest BCUT2D eigenvalue weighted by Crippen LogP contribution is 2.21. The molecule has 3 heterocycles. The van der Waals surface area contributed by atoms with Crippen molar-refractivity contribution < 1.29 is 4.79 Å². The fourth-order valence-corrected chi connectivity index (χ4v) is 3.21. The minimum absolute atomic E-state index is 0.113. The molecule has 3 nitrogen and oxygen atoms in total. The first-order chi connectivity index (χ1) is 9.74. The first-order valence-corrected chi connectivity index (χ1v) is 7.50. The van der Waals surface area contributed by atoms with E-state index in [0.29, 0.717) is 6.04 Å². The van der Waals surface area contributed by atoms with Crippen molar-refractivity contribution in [3.8, 4) is 0 Å². The highest BCUT2D eigenvalue weighted by Gasteiger charge is 2.27. The zero-order chi connectivity index (χ0) is 13.9. The number of benzene rings is 1. The summed E-state index contributed by atoms with van der Waals surface area (Å²) in [7, 11) is 0. The summed E-state index contributed by atoms with van der Waals surface area (Å²) in [6, 6.07) is 8.41. The van der Waals surface area contributed by atoms with E-state index in [1.165, 1.54) is 25.9 Å². The van der Waals surface area contributed by atoms with Gasteiger partial charge in [-0.2, -0.15) is 0 Å². The van der Waals surface area contributed by atoms with Crippen molar-refractivity contribution in [3.05, 3.63) is 47.7 Å². The van der Waals surface area contributed by atoms with E-state index in [1.54, 1.807) is 6.08 Å². The summed E-state index contributed by atoms with van der Waals surface area (Å²) in [5, 5.41) is 0. The van der Waals surface area contributed by atoms with Gasteiger partial charge in [0.15, 0.2) is 5.78 Å². The Morgan fingerprint density at radius 2 is 1.90 bits per heavy atom. The second-order valence-electron chi connectivity index (χ2n) is 5.81. The topological polar surface area (TPSA) is 23.6 Å². The fraction of sp³-hybridized carbons (Fsp3) is 0.471. The van der Waals surface area contributed by atoms with E-state index in [0.717, 1.165) is 24.2 Å². The number of hydrogen-bond acceptors (Lipinski definition) is 3. The van der Waals surface area contributed by atoms with Crippen LogP contribution in [0, 0.1) is 6.92 Å². The molecule has 0 saturated carbocycles. The van der Waals surface area contributed by atoms with Crippen LogP contribution in [0.5, 0.6) is 0 Å². The van der Waals surface area contributed by atoms with Gasteiger partial charge in [0.2, 0.25) is 0 Å². The van der Waals surface area contributed by atoms with Crippen LogP contribution in [0.2, 0.25) is 0 Å². The number of hydrogen-bond donors (Lipinski definition) is 0. The van der Waals surface area contributed by atoms with Crippen molar-refractivity contribution in [1.29, 1.82) is 0 Å². The Labute approximate surface area is 120 Å². The Morgan fingerprint density at radius 3 is 2.65 bits per heavy atom. The molecule has 0 spiro atoms. The van der Waals surface area contributed by atoms with Crippen LogP contribution < -0.4 is 0 Å². The van der Waals surface area contributed by atoms with Crippen molar-refractivity contribution >= 4 is 5.78 Å². The lowest BCUT2D eigenvalue weighted by Crippen LogP contribution is -2.35. The maximum Gasteiger partial charge on any atom is 0.187 e. The quantitative estimate of drug-likeness (QED) is 0.623. The number of nitrogens with zero attached hydrogens (tertiary/aromatic N) is 2. The first-order valence-electron chi connectivity index (χ1n) is 7.50. The summed E-state index contributed by atoms with van der Waals surface area (Å²) in [6.07, 6.45) is 6.22. The molecule has 0 radical (unpaired) electrons. The molecule has 3 aliphatic heterocycles. The Hall–Kier alpha value is -1.61. The summed E-state index contributed by atoms with van der Waals surface area (Å²) < 4.78 is 0. The maximum absolute atomic E-state index is 12.3. The summed E-state index contributed by atoms with van der Waals surface area (Å²) in [6.45, 7) is 6.57. The average molecular weight is 270 g/mol. The van der Waals surface area contributed by atoms with Gasteiger partial charge >= 0.3 is 0 Å². The molecule has 4 rings (SSSR count). The number of carbonyl (C=O) groups excluding carboxylic acids is 1. The molecule has 2 bridgehead atoms. The molecule has 20 heavy (non-hydrogen) atoms. The smallest absolute Gasteiger partial charge is 0.187 e. The standard InChI is InChI=1S/C17H22N2O/c1-14-4-2-3-5-16(14)17(20)8-11-19-13-12-18-9-6-15(19)7-10-18/h2-5,8,11,15H,6-7,9-10,12-13H2,1H3/b11-8+. The number of carbonyl (C=O) groups is 1. The monoisotopic (exact) mass is 270 g/mol. The van der Waals surface area contributed by atoms with Gasteiger partial charge in [-0.05, 0) is 25.3 Å². The normalized spacial score (nSPS) is 25.9. The third-order valence-electron chi connectivity index (χ3n) is 4.53. The predicted octanol–water partition coefficient (Wildman–Crippen LogP) is 2.47. The molecule has 3 saturated heterocycles. The molecule has 0 N–H and O–H groups in total. The first kappa shape index (κ1) is 13.4. The number of piperidine rings is 1. The summed E-state index contributed by atoms with van der Waals surface area (Å²) in [5.74, 6) is 0.113. The Bertz CT molecular complexity index is 515. The number of rotatable bonds is 3. The van der Waals surface area contributed by atoms with Crippen molar-refractivity contribution in [2.75, 3.05) is 26.2 Å². The molecule has 0 aliphatic carbocycles. The zero-order valence-corrected chi connectivity index (χ0v) is 12.1. The van der Waals surface area contributed by atoms with Gasteiger partial charge < -0.3 is 9.80 Å². The van der Waals surface area contributed by atoms with Gasteiger partial charge in [0, 0.05) is 50.1 Å². The molecular formula is C17H22N2O. The van der Waals surface area contributed by atoms with Gasteiger partial charge in [0.25, 0.3) is 0 Å². The SMILES string of the molecule is Cc1ccccc1C(=O)/C=C/N1CCN2CCC1CC2. The second-order valence-corrected chi connectivity index (χ2v) is 5.81. The zero-order valence-electron chi connectivity index (χ0n) is 12.1. The second kappa shape index (κ2) is 5.80. The predicted molar refractivity (Wildman–Crippen MR) is 80.8 cm³/mol. The van der Waals surface area contributed by atoms with Crippen molar-refractivity contribution in [2.24, 2.45) is 0 Å². The van der Waals surface area contributed by atoms with Gasteiger partial charge in [0.05, 0.1) is 0 Å². The van der Waals surface area contributed by atoms with E-state index in [9.17, 15) is 4.79 Å². The highest BCUT2D eigenvalue weighted by atomic mass is 16.1. The van der Waals surface area contributed by atoms with Gasteiger partial charge in [-0.25, -0.2) is 0 Å². The third kappa shape index (κ3) is 2.78. The summed E-state index contributed by atoms with van der Waals surface area (Å²) in [4.78, 5) is 17.2. The maximum atomic E-state index is 12.3. The largest absolute Gasteiger partial charge is 0.373 e. The molecule has 3 heteroatoms. The molecule has 3 aliphatic rings. The Balaban J connectivity index is 1.70. The van der Waals surface area contributed by atoms with Crippen LogP contribution in [0.3, 0.4) is 0 Å². The number of ketones is 1. The van der Waals surface area contributed by atoms with Crippen LogP contribution in [0.4, 0.5) is 0 Å². The van der Waals surface area contributed by atoms with E-state index in [4.69, 9.17) is 0 Å². The molecule has 106 valence electrons. The molecule has 0 atom stereocenters. The van der Waals surface area contributed by atoms with Gasteiger partial charge in [-0.1, -0.05) is 24.3 Å². The van der Waals surface area contributed by atoms with Crippen LogP contribution in [0.25, 0.3) is 0 Å². The van der Waals surface area contributed by atoms with Gasteiger partial charge in [0.1, 0.15) is 0 Å². The highest BCUT2D eigenvalue weighted by molar-refractivity contribution is 6.05. The molecule has 3 fully saturated rings. The summed E-state index contributed by atoms with van der Waals surface area (Å²) >= 11 is 0. The van der Waals surface area contributed by atoms with E-state index in [2.05, 4.69) is 9.80 Å². The van der Waals surface area contributed by atoms with E-state index in [1.807, 2.05) is 37.4 Å². The van der Waals surface area contributed by atoms with Crippen LogP contribution >= 0.6 is 0 Å². The van der Waals surface area contributed by atoms with Gasteiger partial charge in [-0.3, -0.25) is 4.79 Å². The lowest BCUT2D eigenvalue weighted by Gasteiger charge is -2.30. The van der Waals surface area contributed by atoms with Gasteiger partial charge in [-0.15, -0.1) is 0 Å². The van der Waals surface area contributed by atoms with Crippen LogP contribution in [0.15, 0.2) is 36.5 Å². The van der Waals surface area contributed by atoms with Crippen molar-refractivity contribution in [3.63, 3.8) is 0 Å². The van der Waals surface area contributed by atoms with Crippen molar-refractivity contribution in [1.82, 2.24) is 9.80 Å². The third-order valence-corrected chi connectivity index (χ3v) is 4.53. The molecule has 1 aromatic carbocycles. The van der Waals surface area contributed by atoms with E-state index in [-0.39, 0.29) is 5.78 Å².